The van der Waals surface area contributed by atoms with Crippen molar-refractivity contribution in [3.8, 4) is 0 Å². The number of carbonyl (C=O) groups excluding carboxylic acids is 2. The minimum absolute atomic E-state index is 0.0766. The molecule has 1 heterocycles. The largest absolute Gasteiger partial charge is 0.381 e. The van der Waals surface area contributed by atoms with Crippen molar-refractivity contribution in [3.63, 3.8) is 0 Å². The number of rotatable bonds is 4. The Morgan fingerprint density at radius 3 is 2.68 bits per heavy atom. The fourth-order valence-corrected chi connectivity index (χ4v) is 1.45. The molecule has 7 heteroatoms. The summed E-state index contributed by atoms with van der Waals surface area (Å²) in [6.07, 6.45) is 1.25. The van der Waals surface area contributed by atoms with Crippen molar-refractivity contribution in [1.82, 2.24) is 15.6 Å². The van der Waals surface area contributed by atoms with Crippen molar-refractivity contribution in [3.05, 3.63) is 23.6 Å². The van der Waals surface area contributed by atoms with Crippen LogP contribution in [0.4, 0.5) is 10.2 Å². The number of nitrogen functional groups attached to an aromatic ring is 1. The number of pyridine rings is 1. The molecule has 0 aliphatic heterocycles. The molecule has 19 heavy (non-hydrogen) atoms. The molecule has 0 radical (unpaired) electrons. The summed E-state index contributed by atoms with van der Waals surface area (Å²) in [7, 11) is 1.51. The second-order valence-electron chi connectivity index (χ2n) is 4.70. The number of amides is 2. The number of halogens is 1. The summed E-state index contributed by atoms with van der Waals surface area (Å²) in [5.41, 5.74) is 4.29. The number of nitrogens with zero attached hydrogens (tertiary/aromatic N) is 1. The van der Waals surface area contributed by atoms with E-state index in [1.54, 1.807) is 13.8 Å². The van der Waals surface area contributed by atoms with Crippen molar-refractivity contribution in [1.29, 1.82) is 0 Å². The predicted molar refractivity (Wildman–Crippen MR) is 68.8 cm³/mol. The predicted octanol–water partition coefficient (Wildman–Crippen LogP) is 0.305. The molecule has 0 bridgehead atoms. The second kappa shape index (κ2) is 5.64. The van der Waals surface area contributed by atoms with Crippen LogP contribution in [0.15, 0.2) is 12.3 Å². The van der Waals surface area contributed by atoms with Gasteiger partial charge in [0.25, 0.3) is 5.91 Å². The molecule has 2 amide bonds. The molecular formula is C12H17FN4O2. The van der Waals surface area contributed by atoms with Crippen LogP contribution in [0.2, 0.25) is 0 Å². The lowest BCUT2D eigenvalue weighted by molar-refractivity contribution is -0.128. The number of hydrogen-bond donors (Lipinski definition) is 3. The van der Waals surface area contributed by atoms with E-state index in [1.165, 1.54) is 19.3 Å². The Kier molecular flexibility index (Phi) is 4.42. The Balaban J connectivity index is 2.76. The topological polar surface area (TPSA) is 97.1 Å². The number of aromatic nitrogens is 1. The van der Waals surface area contributed by atoms with Crippen LogP contribution in [0.1, 0.15) is 24.2 Å². The summed E-state index contributed by atoms with van der Waals surface area (Å²) in [4.78, 5) is 26.9. The minimum Gasteiger partial charge on any atom is -0.381 e. The quantitative estimate of drug-likeness (QED) is 0.732. The normalized spacial score (nSPS) is 10.9. The zero-order chi connectivity index (χ0) is 14.6. The van der Waals surface area contributed by atoms with Gasteiger partial charge in [-0.1, -0.05) is 0 Å². The van der Waals surface area contributed by atoms with E-state index in [4.69, 9.17) is 5.73 Å². The van der Waals surface area contributed by atoms with Crippen LogP contribution in [0.5, 0.6) is 0 Å². The lowest BCUT2D eigenvalue weighted by Crippen LogP contribution is -2.43. The Morgan fingerprint density at radius 2 is 2.11 bits per heavy atom. The van der Waals surface area contributed by atoms with E-state index >= 15 is 0 Å². The molecule has 0 aromatic carbocycles. The van der Waals surface area contributed by atoms with Crippen molar-refractivity contribution >= 4 is 17.6 Å². The highest BCUT2D eigenvalue weighted by Crippen LogP contribution is 2.15. The van der Waals surface area contributed by atoms with Gasteiger partial charge in [-0.3, -0.25) is 9.59 Å². The molecule has 1 aromatic rings. The average Bonchev–Trinajstić information content (AvgIpc) is 2.38. The average molecular weight is 268 g/mol. The van der Waals surface area contributed by atoms with E-state index in [9.17, 15) is 14.0 Å². The van der Waals surface area contributed by atoms with E-state index in [1.807, 2.05) is 0 Å². The molecule has 104 valence electrons. The van der Waals surface area contributed by atoms with E-state index < -0.39 is 17.1 Å². The Bertz CT molecular complexity index is 503. The van der Waals surface area contributed by atoms with Crippen LogP contribution in [-0.4, -0.2) is 30.4 Å². The maximum atomic E-state index is 13.6. The third kappa shape index (κ3) is 3.40. The Labute approximate surface area is 110 Å². The molecule has 1 aromatic heterocycles. The fourth-order valence-electron chi connectivity index (χ4n) is 1.45. The zero-order valence-electron chi connectivity index (χ0n) is 11.1. The number of nitrogens with one attached hydrogen (secondary N) is 2. The first kappa shape index (κ1) is 14.9. The maximum absolute atomic E-state index is 13.6. The van der Waals surface area contributed by atoms with Crippen molar-refractivity contribution in [2.75, 3.05) is 19.3 Å². The summed E-state index contributed by atoms with van der Waals surface area (Å²) in [6, 6.07) is 1.23. The molecule has 6 nitrogen and oxygen atoms in total. The zero-order valence-corrected chi connectivity index (χ0v) is 11.1. The SMILES string of the molecule is CNC(=O)C(C)(C)CNC(=O)c1ccnc(N)c1F. The van der Waals surface area contributed by atoms with Crippen molar-refractivity contribution < 1.29 is 14.0 Å². The molecule has 0 aliphatic carbocycles. The minimum atomic E-state index is -0.863. The highest BCUT2D eigenvalue weighted by atomic mass is 19.1. The lowest BCUT2D eigenvalue weighted by atomic mass is 9.92. The van der Waals surface area contributed by atoms with E-state index in [2.05, 4.69) is 15.6 Å². The third-order valence-corrected chi connectivity index (χ3v) is 2.69. The van der Waals surface area contributed by atoms with Gasteiger partial charge in [0.2, 0.25) is 5.91 Å². The van der Waals surface area contributed by atoms with Gasteiger partial charge in [0, 0.05) is 19.8 Å². The number of nitrogens with two attached hydrogens (primary N) is 1. The summed E-state index contributed by atoms with van der Waals surface area (Å²) < 4.78 is 13.6. The third-order valence-electron chi connectivity index (χ3n) is 2.69. The van der Waals surface area contributed by atoms with Gasteiger partial charge in [-0.15, -0.1) is 0 Å². The summed E-state index contributed by atoms with van der Waals surface area (Å²) in [5, 5.41) is 4.99. The van der Waals surface area contributed by atoms with E-state index in [0.29, 0.717) is 0 Å². The van der Waals surface area contributed by atoms with Gasteiger partial charge in [-0.2, -0.15) is 0 Å². The highest BCUT2D eigenvalue weighted by Gasteiger charge is 2.27. The first-order chi connectivity index (χ1) is 8.79. The van der Waals surface area contributed by atoms with Gasteiger partial charge in [0.15, 0.2) is 11.6 Å². The smallest absolute Gasteiger partial charge is 0.254 e. The van der Waals surface area contributed by atoms with E-state index in [0.717, 1.165) is 0 Å². The van der Waals surface area contributed by atoms with E-state index in [-0.39, 0.29) is 23.8 Å². The second-order valence-corrected chi connectivity index (χ2v) is 4.70. The van der Waals surface area contributed by atoms with Gasteiger partial charge in [-0.05, 0) is 19.9 Å². The van der Waals surface area contributed by atoms with Gasteiger partial charge >= 0.3 is 0 Å². The first-order valence-corrected chi connectivity index (χ1v) is 5.70. The van der Waals surface area contributed by atoms with Crippen LogP contribution in [0.3, 0.4) is 0 Å². The maximum Gasteiger partial charge on any atom is 0.254 e. The molecule has 0 spiro atoms. The van der Waals surface area contributed by atoms with Gasteiger partial charge < -0.3 is 16.4 Å². The van der Waals surface area contributed by atoms with Crippen LogP contribution >= 0.6 is 0 Å². The molecule has 0 atom stereocenters. The standard InChI is InChI=1S/C12H17FN4O2/c1-12(2,11(19)15-3)6-17-10(18)7-4-5-16-9(14)8(7)13/h4-5H,6H2,1-3H3,(H2,14,16)(H,15,19)(H,17,18). The number of hydrogen-bond acceptors (Lipinski definition) is 4. The van der Waals surface area contributed by atoms with Crippen molar-refractivity contribution in [2.45, 2.75) is 13.8 Å². The summed E-state index contributed by atoms with van der Waals surface area (Å²) in [6.45, 7) is 3.42. The van der Waals surface area contributed by atoms with Crippen LogP contribution in [-0.2, 0) is 4.79 Å². The fraction of sp³-hybridized carbons (Fsp3) is 0.417. The molecule has 0 saturated carbocycles. The van der Waals surface area contributed by atoms with Crippen molar-refractivity contribution in [2.24, 2.45) is 5.41 Å². The van der Waals surface area contributed by atoms with Crippen LogP contribution < -0.4 is 16.4 Å². The Morgan fingerprint density at radius 1 is 1.47 bits per heavy atom. The summed E-state index contributed by atoms with van der Waals surface area (Å²) in [5.74, 6) is -2.05. The van der Waals surface area contributed by atoms with Crippen LogP contribution in [0, 0.1) is 11.2 Å². The molecule has 0 aliphatic rings. The van der Waals surface area contributed by atoms with Crippen LogP contribution in [0.25, 0.3) is 0 Å². The lowest BCUT2D eigenvalue weighted by Gasteiger charge is -2.22. The molecule has 0 unspecified atom stereocenters. The number of carbonyl (C=O) groups is 2. The molecule has 0 fully saturated rings. The van der Waals surface area contributed by atoms with Gasteiger partial charge in [0.05, 0.1) is 11.0 Å². The monoisotopic (exact) mass is 268 g/mol. The first-order valence-electron chi connectivity index (χ1n) is 5.70. The molecule has 0 saturated heterocycles. The molecular weight excluding hydrogens is 251 g/mol. The summed E-state index contributed by atoms with van der Waals surface area (Å²) >= 11 is 0. The van der Waals surface area contributed by atoms with Gasteiger partial charge in [-0.25, -0.2) is 9.37 Å². The molecule has 1 rings (SSSR count). The van der Waals surface area contributed by atoms with Gasteiger partial charge in [0.1, 0.15) is 0 Å². The number of anilines is 1. The Hall–Kier alpha value is -2.18. The highest BCUT2D eigenvalue weighted by molar-refractivity contribution is 5.95. The molecule has 4 N–H and O–H groups in total.